The van der Waals surface area contributed by atoms with E-state index in [9.17, 15) is 4.79 Å². The van der Waals surface area contributed by atoms with Crippen molar-refractivity contribution in [1.82, 2.24) is 14.9 Å². The number of carbonyl (C=O) groups excluding carboxylic acids is 1. The lowest BCUT2D eigenvalue weighted by atomic mass is 10.1. The summed E-state index contributed by atoms with van der Waals surface area (Å²) < 4.78 is 16.0. The third-order valence-corrected chi connectivity index (χ3v) is 4.38. The Balaban J connectivity index is 1.77. The minimum atomic E-state index is -0.105. The van der Waals surface area contributed by atoms with Crippen LogP contribution in [0.5, 0.6) is 17.2 Å². The highest BCUT2D eigenvalue weighted by Gasteiger charge is 2.21. The van der Waals surface area contributed by atoms with E-state index in [1.807, 2.05) is 0 Å². The lowest BCUT2D eigenvalue weighted by Gasteiger charge is -2.26. The Bertz CT molecular complexity index is 857. The van der Waals surface area contributed by atoms with Crippen molar-refractivity contribution >= 4 is 17.9 Å². The molecule has 27 heavy (non-hydrogen) atoms. The first-order valence-corrected chi connectivity index (χ1v) is 8.43. The number of methoxy groups -OCH3 is 3. The monoisotopic (exact) mass is 370 g/mol. The zero-order chi connectivity index (χ0) is 19.4. The fraction of sp³-hybridized carbons (Fsp3) is 0.316. The standard InChI is InChI=1S/C19H22N4O4/c1-25-15-8-12(9-16(26-2)18(15)27-3)4-5-17(24)23-7-6-13-10-21-19(20)22-14(13)11-23/h4-5,8-10H,6-7,11H2,1-3H3,(H2,20,21,22). The molecule has 1 aliphatic heterocycles. The Kier molecular flexibility index (Phi) is 5.44. The van der Waals surface area contributed by atoms with Crippen molar-refractivity contribution in [2.24, 2.45) is 0 Å². The number of aromatic nitrogens is 2. The van der Waals surface area contributed by atoms with Gasteiger partial charge in [0.1, 0.15) is 0 Å². The molecule has 2 aromatic rings. The van der Waals surface area contributed by atoms with Crippen molar-refractivity contribution in [3.05, 3.63) is 41.2 Å². The van der Waals surface area contributed by atoms with Gasteiger partial charge in [-0.25, -0.2) is 9.97 Å². The van der Waals surface area contributed by atoms with Crippen molar-refractivity contribution in [2.45, 2.75) is 13.0 Å². The number of nitrogen functional groups attached to an aromatic ring is 1. The molecule has 0 saturated carbocycles. The zero-order valence-corrected chi connectivity index (χ0v) is 15.6. The Hall–Kier alpha value is -3.29. The first kappa shape index (κ1) is 18.5. The molecule has 3 rings (SSSR count). The minimum absolute atomic E-state index is 0.105. The summed E-state index contributed by atoms with van der Waals surface area (Å²) >= 11 is 0. The normalized spacial score (nSPS) is 13.4. The Morgan fingerprint density at radius 2 is 1.89 bits per heavy atom. The summed E-state index contributed by atoms with van der Waals surface area (Å²) in [5.74, 6) is 1.68. The number of nitrogens with two attached hydrogens (primary N) is 1. The van der Waals surface area contributed by atoms with E-state index in [1.54, 1.807) is 50.6 Å². The average molecular weight is 370 g/mol. The van der Waals surface area contributed by atoms with E-state index in [0.29, 0.717) is 36.8 Å². The van der Waals surface area contributed by atoms with Crippen molar-refractivity contribution in [2.75, 3.05) is 33.6 Å². The van der Waals surface area contributed by atoms with Gasteiger partial charge in [-0.2, -0.15) is 0 Å². The number of ether oxygens (including phenoxy) is 3. The van der Waals surface area contributed by atoms with E-state index < -0.39 is 0 Å². The van der Waals surface area contributed by atoms with Crippen LogP contribution in [0.2, 0.25) is 0 Å². The van der Waals surface area contributed by atoms with Crippen molar-refractivity contribution in [1.29, 1.82) is 0 Å². The molecule has 8 heteroatoms. The molecule has 2 heterocycles. The summed E-state index contributed by atoms with van der Waals surface area (Å²) in [6.45, 7) is 1.03. The topological polar surface area (TPSA) is 99.8 Å². The van der Waals surface area contributed by atoms with Gasteiger partial charge >= 0.3 is 0 Å². The highest BCUT2D eigenvalue weighted by atomic mass is 16.5. The summed E-state index contributed by atoms with van der Waals surface area (Å²) in [5, 5.41) is 0. The van der Waals surface area contributed by atoms with E-state index in [2.05, 4.69) is 9.97 Å². The molecule has 0 fully saturated rings. The van der Waals surface area contributed by atoms with Crippen LogP contribution < -0.4 is 19.9 Å². The van der Waals surface area contributed by atoms with Crippen LogP contribution in [0.15, 0.2) is 24.4 Å². The molecule has 1 aliphatic rings. The quantitative estimate of drug-likeness (QED) is 0.799. The van der Waals surface area contributed by atoms with E-state index in [1.165, 1.54) is 6.08 Å². The van der Waals surface area contributed by atoms with E-state index in [0.717, 1.165) is 16.8 Å². The summed E-state index contributed by atoms with van der Waals surface area (Å²) in [6, 6.07) is 3.56. The number of hydrogen-bond donors (Lipinski definition) is 1. The summed E-state index contributed by atoms with van der Waals surface area (Å²) in [5.41, 5.74) is 8.23. The van der Waals surface area contributed by atoms with Crippen LogP contribution in [0, 0.1) is 0 Å². The van der Waals surface area contributed by atoms with Gasteiger partial charge in [0.05, 0.1) is 33.6 Å². The largest absolute Gasteiger partial charge is 0.493 e. The van der Waals surface area contributed by atoms with Crippen molar-refractivity contribution in [3.63, 3.8) is 0 Å². The number of fused-ring (bicyclic) bond motifs is 1. The van der Waals surface area contributed by atoms with E-state index >= 15 is 0 Å². The molecule has 8 nitrogen and oxygen atoms in total. The van der Waals surface area contributed by atoms with Gasteiger partial charge in [0.25, 0.3) is 0 Å². The van der Waals surface area contributed by atoms with Gasteiger partial charge in [-0.1, -0.05) is 0 Å². The van der Waals surface area contributed by atoms with Crippen LogP contribution in [-0.4, -0.2) is 48.6 Å². The predicted molar refractivity (Wildman–Crippen MR) is 101 cm³/mol. The smallest absolute Gasteiger partial charge is 0.246 e. The van der Waals surface area contributed by atoms with E-state index in [-0.39, 0.29) is 11.9 Å². The van der Waals surface area contributed by atoms with Crippen molar-refractivity contribution in [3.8, 4) is 17.2 Å². The SMILES string of the molecule is COc1cc(C=CC(=O)N2CCc3cnc(N)nc3C2)cc(OC)c1OC. The predicted octanol–water partition coefficient (Wildman–Crippen LogP) is 1.68. The molecule has 142 valence electrons. The maximum atomic E-state index is 12.6. The first-order chi connectivity index (χ1) is 13.0. The second kappa shape index (κ2) is 7.94. The molecule has 0 spiro atoms. The van der Waals surface area contributed by atoms with Crippen LogP contribution in [-0.2, 0) is 17.8 Å². The van der Waals surface area contributed by atoms with Crippen LogP contribution in [0.1, 0.15) is 16.8 Å². The van der Waals surface area contributed by atoms with Gasteiger partial charge in [0, 0.05) is 18.8 Å². The van der Waals surface area contributed by atoms with Gasteiger partial charge in [-0.05, 0) is 35.8 Å². The molecule has 0 atom stereocenters. The second-order valence-electron chi connectivity index (χ2n) is 6.00. The molecule has 1 amide bonds. The lowest BCUT2D eigenvalue weighted by molar-refractivity contribution is -0.126. The molecule has 0 radical (unpaired) electrons. The molecule has 2 N–H and O–H groups in total. The van der Waals surface area contributed by atoms with Gasteiger partial charge < -0.3 is 24.8 Å². The van der Waals surface area contributed by atoms with Crippen LogP contribution >= 0.6 is 0 Å². The first-order valence-electron chi connectivity index (χ1n) is 8.43. The molecular weight excluding hydrogens is 348 g/mol. The summed E-state index contributed by atoms with van der Waals surface area (Å²) in [7, 11) is 4.65. The lowest BCUT2D eigenvalue weighted by Crippen LogP contribution is -2.35. The zero-order valence-electron chi connectivity index (χ0n) is 15.6. The third kappa shape index (κ3) is 3.94. The van der Waals surface area contributed by atoms with Crippen molar-refractivity contribution < 1.29 is 19.0 Å². The molecule has 1 aromatic carbocycles. The molecule has 1 aromatic heterocycles. The molecule has 0 bridgehead atoms. The highest BCUT2D eigenvalue weighted by Crippen LogP contribution is 2.38. The molecule has 0 unspecified atom stereocenters. The minimum Gasteiger partial charge on any atom is -0.493 e. The number of amides is 1. The number of benzene rings is 1. The Morgan fingerprint density at radius 3 is 2.52 bits per heavy atom. The number of nitrogens with zero attached hydrogens (tertiary/aromatic N) is 3. The third-order valence-electron chi connectivity index (χ3n) is 4.38. The van der Waals surface area contributed by atoms with Gasteiger partial charge in [0.2, 0.25) is 17.6 Å². The van der Waals surface area contributed by atoms with Gasteiger partial charge in [0.15, 0.2) is 11.5 Å². The fourth-order valence-electron chi connectivity index (χ4n) is 2.98. The molecule has 0 saturated heterocycles. The number of rotatable bonds is 5. The fourth-order valence-corrected chi connectivity index (χ4v) is 2.98. The van der Waals surface area contributed by atoms with Crippen LogP contribution in [0.25, 0.3) is 6.08 Å². The maximum Gasteiger partial charge on any atom is 0.246 e. The molecular formula is C19H22N4O4. The Morgan fingerprint density at radius 1 is 1.19 bits per heavy atom. The maximum absolute atomic E-state index is 12.6. The number of hydrogen-bond acceptors (Lipinski definition) is 7. The Labute approximate surface area is 157 Å². The van der Waals surface area contributed by atoms with E-state index in [4.69, 9.17) is 19.9 Å². The number of anilines is 1. The highest BCUT2D eigenvalue weighted by molar-refractivity contribution is 5.92. The summed E-state index contributed by atoms with van der Waals surface area (Å²) in [4.78, 5) is 22.5. The van der Waals surface area contributed by atoms with Crippen LogP contribution in [0.3, 0.4) is 0 Å². The van der Waals surface area contributed by atoms with Gasteiger partial charge in [-0.3, -0.25) is 4.79 Å². The number of carbonyl (C=O) groups is 1. The van der Waals surface area contributed by atoms with Gasteiger partial charge in [-0.15, -0.1) is 0 Å². The summed E-state index contributed by atoms with van der Waals surface area (Å²) in [6.07, 6.45) is 5.68. The average Bonchev–Trinajstić information content (AvgIpc) is 2.70. The second-order valence-corrected chi connectivity index (χ2v) is 6.00. The van der Waals surface area contributed by atoms with Crippen LogP contribution in [0.4, 0.5) is 5.95 Å². The molecule has 0 aliphatic carbocycles.